The van der Waals surface area contributed by atoms with Crippen molar-refractivity contribution in [2.75, 3.05) is 12.3 Å². The first-order valence-electron chi connectivity index (χ1n) is 8.35. The van der Waals surface area contributed by atoms with Gasteiger partial charge in [-0.15, -0.1) is 0 Å². The van der Waals surface area contributed by atoms with Crippen molar-refractivity contribution in [3.05, 3.63) is 11.7 Å². The molecule has 2 saturated carbocycles. The zero-order chi connectivity index (χ0) is 16.2. The summed E-state index contributed by atoms with van der Waals surface area (Å²) in [5, 5.41) is 13.7. The number of aryl methyl sites for hydroxylation is 1. The molecule has 2 aliphatic carbocycles. The lowest BCUT2D eigenvalue weighted by atomic mass is 9.87. The number of hydrogen-bond donors (Lipinski definition) is 1. The highest BCUT2D eigenvalue weighted by Crippen LogP contribution is 2.55. The van der Waals surface area contributed by atoms with Gasteiger partial charge in [-0.05, 0) is 50.4 Å². The van der Waals surface area contributed by atoms with E-state index in [2.05, 4.69) is 10.1 Å². The van der Waals surface area contributed by atoms with Gasteiger partial charge in [-0.1, -0.05) is 5.16 Å². The lowest BCUT2D eigenvalue weighted by Crippen LogP contribution is -2.39. The summed E-state index contributed by atoms with van der Waals surface area (Å²) in [6, 6.07) is -0.536. The molecule has 0 amide bonds. The first-order valence-corrected chi connectivity index (χ1v) is 9.96. The van der Waals surface area contributed by atoms with E-state index in [1.807, 2.05) is 0 Å². The molecule has 0 unspecified atom stereocenters. The number of aromatic nitrogens is 2. The number of aliphatic hydroxyl groups is 1. The van der Waals surface area contributed by atoms with Crippen molar-refractivity contribution in [2.24, 2.45) is 11.3 Å². The van der Waals surface area contributed by atoms with Gasteiger partial charge in [0.25, 0.3) is 0 Å². The molecule has 1 N–H and O–H groups in total. The van der Waals surface area contributed by atoms with Crippen molar-refractivity contribution in [2.45, 2.75) is 57.6 Å². The number of aliphatic hydroxyl groups excluding tert-OH is 1. The summed E-state index contributed by atoms with van der Waals surface area (Å²) in [4.78, 5) is 4.17. The van der Waals surface area contributed by atoms with Gasteiger partial charge in [-0.3, -0.25) is 0 Å². The third-order valence-electron chi connectivity index (χ3n) is 5.80. The number of β-amino-alcohol motifs (C(OH)–C–C–N with tert-alkyl or cyclic N) is 1. The second-order valence-corrected chi connectivity index (χ2v) is 9.48. The van der Waals surface area contributed by atoms with Crippen molar-refractivity contribution < 1.29 is 18.0 Å². The third-order valence-corrected chi connectivity index (χ3v) is 7.89. The van der Waals surface area contributed by atoms with Crippen LogP contribution in [0.3, 0.4) is 0 Å². The maximum absolute atomic E-state index is 13.0. The van der Waals surface area contributed by atoms with Gasteiger partial charge in [0.1, 0.15) is 6.04 Å². The molecule has 2 bridgehead atoms. The minimum atomic E-state index is -3.46. The molecular weight excluding hydrogens is 318 g/mol. The van der Waals surface area contributed by atoms with E-state index in [9.17, 15) is 13.5 Å². The minimum absolute atomic E-state index is 0.0493. The predicted molar refractivity (Wildman–Crippen MR) is 81.9 cm³/mol. The molecule has 7 nitrogen and oxygen atoms in total. The third kappa shape index (κ3) is 2.70. The Labute approximate surface area is 136 Å². The highest BCUT2D eigenvalue weighted by molar-refractivity contribution is 7.89. The summed E-state index contributed by atoms with van der Waals surface area (Å²) < 4.78 is 32.6. The summed E-state index contributed by atoms with van der Waals surface area (Å²) in [6.45, 7) is 1.82. The highest BCUT2D eigenvalue weighted by atomic mass is 32.2. The van der Waals surface area contributed by atoms with Crippen LogP contribution in [-0.2, 0) is 10.0 Å². The maximum atomic E-state index is 13.0. The van der Waals surface area contributed by atoms with Crippen LogP contribution in [0.4, 0.5) is 0 Å². The van der Waals surface area contributed by atoms with Gasteiger partial charge in [0, 0.05) is 13.0 Å². The van der Waals surface area contributed by atoms with Gasteiger partial charge in [0.05, 0.1) is 11.9 Å². The fourth-order valence-corrected chi connectivity index (χ4v) is 7.06. The van der Waals surface area contributed by atoms with E-state index in [-0.39, 0.29) is 23.6 Å². The molecule has 1 aliphatic heterocycles. The molecular formula is C15H23N3O4S. The number of nitrogens with zero attached hydrogens (tertiary/aromatic N) is 3. The first kappa shape index (κ1) is 15.5. The maximum Gasteiger partial charge on any atom is 0.245 e. The molecule has 3 fully saturated rings. The van der Waals surface area contributed by atoms with Crippen molar-refractivity contribution in [3.8, 4) is 0 Å². The Hall–Kier alpha value is -0.990. The van der Waals surface area contributed by atoms with E-state index in [1.54, 1.807) is 6.92 Å². The van der Waals surface area contributed by atoms with E-state index >= 15 is 0 Å². The molecule has 1 aromatic heterocycles. The molecule has 2 atom stereocenters. The minimum Gasteiger partial charge on any atom is -0.392 e. The zero-order valence-corrected chi connectivity index (χ0v) is 14.1. The van der Waals surface area contributed by atoms with Crippen LogP contribution in [0.25, 0.3) is 0 Å². The average Bonchev–Trinajstić information content (AvgIpc) is 3.21. The fourth-order valence-electron chi connectivity index (χ4n) is 4.75. The Kier molecular flexibility index (Phi) is 3.55. The molecule has 0 spiro atoms. The van der Waals surface area contributed by atoms with Gasteiger partial charge < -0.3 is 9.63 Å². The number of rotatable bonds is 4. The van der Waals surface area contributed by atoms with Gasteiger partial charge >= 0.3 is 0 Å². The zero-order valence-electron chi connectivity index (χ0n) is 13.3. The van der Waals surface area contributed by atoms with Crippen molar-refractivity contribution in [1.82, 2.24) is 14.4 Å². The second kappa shape index (κ2) is 5.26. The van der Waals surface area contributed by atoms with Gasteiger partial charge in [0.15, 0.2) is 5.82 Å². The van der Waals surface area contributed by atoms with E-state index in [0.717, 1.165) is 32.1 Å². The largest absolute Gasteiger partial charge is 0.392 e. The summed E-state index contributed by atoms with van der Waals surface area (Å²) >= 11 is 0. The normalized spacial score (nSPS) is 37.7. The Morgan fingerprint density at radius 3 is 2.70 bits per heavy atom. The van der Waals surface area contributed by atoms with Gasteiger partial charge in [0.2, 0.25) is 15.9 Å². The SMILES string of the molecule is Cc1noc([C@H]2C[C@@H](O)CN2S(=O)(=O)CC23CCC(CC2)C3)n1. The lowest BCUT2D eigenvalue weighted by Gasteiger charge is -2.30. The van der Waals surface area contributed by atoms with Crippen LogP contribution in [0.5, 0.6) is 0 Å². The molecule has 128 valence electrons. The molecule has 0 radical (unpaired) electrons. The molecule has 0 aromatic carbocycles. The topological polar surface area (TPSA) is 96.5 Å². The van der Waals surface area contributed by atoms with E-state index < -0.39 is 22.2 Å². The summed E-state index contributed by atoms with van der Waals surface area (Å²) in [5.74, 6) is 1.67. The second-order valence-electron chi connectivity index (χ2n) is 7.56. The van der Waals surface area contributed by atoms with Crippen molar-refractivity contribution in [1.29, 1.82) is 0 Å². The quantitative estimate of drug-likeness (QED) is 0.889. The smallest absolute Gasteiger partial charge is 0.245 e. The number of hydrogen-bond acceptors (Lipinski definition) is 6. The Morgan fingerprint density at radius 1 is 1.39 bits per heavy atom. The lowest BCUT2D eigenvalue weighted by molar-refractivity contribution is 0.187. The predicted octanol–water partition coefficient (Wildman–Crippen LogP) is 1.40. The molecule has 1 aromatic rings. The van der Waals surface area contributed by atoms with E-state index in [1.165, 1.54) is 4.31 Å². The molecule has 4 rings (SSSR count). The molecule has 23 heavy (non-hydrogen) atoms. The fraction of sp³-hybridized carbons (Fsp3) is 0.867. The number of fused-ring (bicyclic) bond motifs is 2. The monoisotopic (exact) mass is 341 g/mol. The van der Waals surface area contributed by atoms with Crippen molar-refractivity contribution >= 4 is 10.0 Å². The Balaban J connectivity index is 1.59. The molecule has 2 heterocycles. The van der Waals surface area contributed by atoms with Crippen LogP contribution < -0.4 is 0 Å². The van der Waals surface area contributed by atoms with Crippen LogP contribution in [0.1, 0.15) is 56.3 Å². The molecule has 3 aliphatic rings. The summed E-state index contributed by atoms with van der Waals surface area (Å²) in [6.07, 6.45) is 5.01. The highest BCUT2D eigenvalue weighted by Gasteiger charge is 2.50. The van der Waals surface area contributed by atoms with Gasteiger partial charge in [-0.25, -0.2) is 8.42 Å². The summed E-state index contributed by atoms with van der Waals surface area (Å²) in [7, 11) is -3.46. The van der Waals surface area contributed by atoms with Crippen LogP contribution >= 0.6 is 0 Å². The van der Waals surface area contributed by atoms with Crippen LogP contribution in [0.15, 0.2) is 4.52 Å². The van der Waals surface area contributed by atoms with Crippen LogP contribution in [0.2, 0.25) is 0 Å². The Morgan fingerprint density at radius 2 is 2.13 bits per heavy atom. The van der Waals surface area contributed by atoms with Crippen molar-refractivity contribution in [3.63, 3.8) is 0 Å². The number of sulfonamides is 1. The average molecular weight is 341 g/mol. The van der Waals surface area contributed by atoms with E-state index in [4.69, 9.17) is 4.52 Å². The van der Waals surface area contributed by atoms with Crippen LogP contribution in [-0.4, -0.2) is 46.4 Å². The Bertz CT molecular complexity index is 693. The van der Waals surface area contributed by atoms with Gasteiger partial charge in [-0.2, -0.15) is 9.29 Å². The van der Waals surface area contributed by atoms with Crippen LogP contribution in [0, 0.1) is 18.3 Å². The summed E-state index contributed by atoms with van der Waals surface area (Å²) in [5.41, 5.74) is -0.0493. The molecule has 1 saturated heterocycles. The first-order chi connectivity index (χ1) is 10.9. The van der Waals surface area contributed by atoms with E-state index in [0.29, 0.717) is 18.2 Å². The standard InChI is InChI=1S/C15H23N3O4S/c1-10-16-14(22-17-10)13-6-12(19)8-18(13)23(20,21)9-15-4-2-11(7-15)3-5-15/h11-13,19H,2-9H2,1H3/t11?,12-,13-,15?/m1/s1. The molecule has 8 heteroatoms.